The summed E-state index contributed by atoms with van der Waals surface area (Å²) in [5.41, 5.74) is 1.64. The molecular weight excluding hydrogens is 212 g/mol. The van der Waals surface area contributed by atoms with Crippen LogP contribution in [0, 0.1) is 5.92 Å². The van der Waals surface area contributed by atoms with Crippen molar-refractivity contribution >= 4 is 29.8 Å². The van der Waals surface area contributed by atoms with Gasteiger partial charge in [-0.05, 0) is 43.6 Å². The second-order valence-corrected chi connectivity index (χ2v) is 6.38. The maximum atomic E-state index is 10.6. The Morgan fingerprint density at radius 3 is 2.36 bits per heavy atom. The Morgan fingerprint density at radius 1 is 1.14 bits per heavy atom. The van der Waals surface area contributed by atoms with Gasteiger partial charge >= 0.3 is 0 Å². The van der Waals surface area contributed by atoms with Crippen molar-refractivity contribution in [2.45, 2.75) is 32.1 Å². The van der Waals surface area contributed by atoms with Crippen LogP contribution in [0.15, 0.2) is 9.81 Å². The van der Waals surface area contributed by atoms with Gasteiger partial charge in [-0.2, -0.15) is 0 Å². The van der Waals surface area contributed by atoms with Crippen molar-refractivity contribution in [3.63, 3.8) is 0 Å². The zero-order valence-corrected chi connectivity index (χ0v) is 9.96. The average molecular weight is 228 g/mol. The molecule has 0 aromatic heterocycles. The van der Waals surface area contributed by atoms with Gasteiger partial charge in [-0.1, -0.05) is 5.57 Å². The normalized spacial score (nSPS) is 29.0. The van der Waals surface area contributed by atoms with Crippen LogP contribution in [0.2, 0.25) is 0 Å². The highest BCUT2D eigenvalue weighted by atomic mass is 32.2. The maximum absolute atomic E-state index is 10.6. The summed E-state index contributed by atoms with van der Waals surface area (Å²) in [4.78, 5) is 10.6. The fourth-order valence-corrected chi connectivity index (χ4v) is 4.74. The van der Waals surface area contributed by atoms with Gasteiger partial charge < -0.3 is 4.79 Å². The van der Waals surface area contributed by atoms with E-state index in [2.05, 4.69) is 0 Å². The van der Waals surface area contributed by atoms with E-state index in [1.165, 1.54) is 30.8 Å². The predicted octanol–water partition coefficient (Wildman–Crippen LogP) is 3.46. The van der Waals surface area contributed by atoms with E-state index in [9.17, 15) is 4.79 Å². The quantitative estimate of drug-likeness (QED) is 0.640. The molecule has 0 bridgehead atoms. The van der Waals surface area contributed by atoms with Crippen LogP contribution in [-0.2, 0) is 4.79 Å². The summed E-state index contributed by atoms with van der Waals surface area (Å²) >= 11 is 4.07. The number of carbonyl (C=O) groups is 1. The van der Waals surface area contributed by atoms with E-state index in [1.54, 1.807) is 9.81 Å². The first kappa shape index (κ1) is 10.6. The molecular formula is C11H16OS2. The lowest BCUT2D eigenvalue weighted by atomic mass is 9.87. The standard InChI is InChI=1S/C11H16OS2/c12-8-9-2-4-10(5-3-9)11-13-6-1-7-14-11/h8-9H,1-7H2. The molecule has 1 heterocycles. The highest BCUT2D eigenvalue weighted by Gasteiger charge is 2.20. The fraction of sp³-hybridized carbons (Fsp3) is 0.727. The SMILES string of the molecule is O=CC1CCC(=C2SCCCS2)CC1. The summed E-state index contributed by atoms with van der Waals surface area (Å²) in [5, 5.41) is 0. The molecule has 2 rings (SSSR count). The van der Waals surface area contributed by atoms with Crippen LogP contribution in [-0.4, -0.2) is 17.8 Å². The Labute approximate surface area is 94.1 Å². The highest BCUT2D eigenvalue weighted by molar-refractivity contribution is 8.22. The van der Waals surface area contributed by atoms with Crippen LogP contribution < -0.4 is 0 Å². The Kier molecular flexibility index (Phi) is 3.99. The second kappa shape index (κ2) is 5.26. The molecule has 3 heteroatoms. The molecule has 14 heavy (non-hydrogen) atoms. The van der Waals surface area contributed by atoms with E-state index in [0.29, 0.717) is 5.92 Å². The van der Waals surface area contributed by atoms with Crippen molar-refractivity contribution < 1.29 is 4.79 Å². The van der Waals surface area contributed by atoms with Crippen molar-refractivity contribution in [2.24, 2.45) is 5.92 Å². The molecule has 78 valence electrons. The minimum Gasteiger partial charge on any atom is -0.303 e. The van der Waals surface area contributed by atoms with Crippen molar-refractivity contribution in [2.75, 3.05) is 11.5 Å². The molecule has 0 aromatic carbocycles. The van der Waals surface area contributed by atoms with Gasteiger partial charge in [-0.25, -0.2) is 0 Å². The number of rotatable bonds is 1. The van der Waals surface area contributed by atoms with Crippen molar-refractivity contribution in [3.05, 3.63) is 9.81 Å². The molecule has 2 fully saturated rings. The van der Waals surface area contributed by atoms with Crippen LogP contribution in [0.5, 0.6) is 0 Å². The van der Waals surface area contributed by atoms with Gasteiger partial charge in [0.05, 0.1) is 0 Å². The average Bonchev–Trinajstić information content (AvgIpc) is 2.30. The number of hydrogen-bond acceptors (Lipinski definition) is 3. The van der Waals surface area contributed by atoms with Crippen LogP contribution in [0.3, 0.4) is 0 Å². The number of aldehydes is 1. The Hall–Kier alpha value is 0.110. The summed E-state index contributed by atoms with van der Waals surface area (Å²) < 4.78 is 1.58. The van der Waals surface area contributed by atoms with Crippen molar-refractivity contribution in [3.8, 4) is 0 Å². The lowest BCUT2D eigenvalue weighted by molar-refractivity contribution is -0.111. The summed E-state index contributed by atoms with van der Waals surface area (Å²) in [6.07, 6.45) is 7.00. The molecule has 0 atom stereocenters. The zero-order valence-electron chi connectivity index (χ0n) is 8.33. The third-order valence-electron chi connectivity index (χ3n) is 2.87. The Bertz CT molecular complexity index is 230. The zero-order chi connectivity index (χ0) is 9.80. The molecule has 1 aliphatic carbocycles. The molecule has 0 amide bonds. The van der Waals surface area contributed by atoms with Gasteiger partial charge in [-0.15, -0.1) is 23.5 Å². The van der Waals surface area contributed by atoms with E-state index < -0.39 is 0 Å². The lowest BCUT2D eigenvalue weighted by Gasteiger charge is -2.24. The minimum absolute atomic E-state index is 0.345. The maximum Gasteiger partial charge on any atom is 0.123 e. The molecule has 1 saturated heterocycles. The van der Waals surface area contributed by atoms with Crippen molar-refractivity contribution in [1.29, 1.82) is 0 Å². The van der Waals surface area contributed by atoms with Gasteiger partial charge in [0.25, 0.3) is 0 Å². The smallest absolute Gasteiger partial charge is 0.123 e. The third kappa shape index (κ3) is 2.57. The summed E-state index contributed by atoms with van der Waals surface area (Å²) in [6, 6.07) is 0. The monoisotopic (exact) mass is 228 g/mol. The third-order valence-corrected chi connectivity index (χ3v) is 5.66. The lowest BCUT2D eigenvalue weighted by Crippen LogP contribution is -2.10. The molecule has 2 aliphatic rings. The minimum atomic E-state index is 0.345. The van der Waals surface area contributed by atoms with E-state index >= 15 is 0 Å². The highest BCUT2D eigenvalue weighted by Crippen LogP contribution is 2.42. The summed E-state index contributed by atoms with van der Waals surface area (Å²) in [5.74, 6) is 2.93. The van der Waals surface area contributed by atoms with Gasteiger partial charge in [0.15, 0.2) is 0 Å². The van der Waals surface area contributed by atoms with Crippen LogP contribution in [0.4, 0.5) is 0 Å². The topological polar surface area (TPSA) is 17.1 Å². The molecule has 0 radical (unpaired) electrons. The van der Waals surface area contributed by atoms with Crippen LogP contribution in [0.1, 0.15) is 32.1 Å². The predicted molar refractivity (Wildman–Crippen MR) is 64.6 cm³/mol. The number of hydrogen-bond donors (Lipinski definition) is 0. The second-order valence-electron chi connectivity index (χ2n) is 3.92. The van der Waals surface area contributed by atoms with E-state index in [1.807, 2.05) is 23.5 Å². The number of allylic oxidation sites excluding steroid dienone is 1. The number of carbonyl (C=O) groups excluding carboxylic acids is 1. The molecule has 1 saturated carbocycles. The van der Waals surface area contributed by atoms with Gasteiger partial charge in [-0.3, -0.25) is 0 Å². The fourth-order valence-electron chi connectivity index (χ4n) is 1.96. The first-order valence-corrected chi connectivity index (χ1v) is 7.30. The molecule has 0 unspecified atom stereocenters. The van der Waals surface area contributed by atoms with Crippen molar-refractivity contribution in [1.82, 2.24) is 0 Å². The molecule has 1 nitrogen and oxygen atoms in total. The van der Waals surface area contributed by atoms with E-state index in [-0.39, 0.29) is 0 Å². The van der Waals surface area contributed by atoms with Gasteiger partial charge in [0.1, 0.15) is 6.29 Å². The Balaban J connectivity index is 1.95. The summed E-state index contributed by atoms with van der Waals surface area (Å²) in [7, 11) is 0. The van der Waals surface area contributed by atoms with Gasteiger partial charge in [0.2, 0.25) is 0 Å². The van der Waals surface area contributed by atoms with Gasteiger partial charge in [0, 0.05) is 10.2 Å². The van der Waals surface area contributed by atoms with E-state index in [0.717, 1.165) is 19.1 Å². The van der Waals surface area contributed by atoms with Crippen LogP contribution in [0.25, 0.3) is 0 Å². The first-order chi connectivity index (χ1) is 6.90. The summed E-state index contributed by atoms with van der Waals surface area (Å²) in [6.45, 7) is 0. The molecule has 0 spiro atoms. The molecule has 1 aliphatic heterocycles. The molecule has 0 aromatic rings. The Morgan fingerprint density at radius 2 is 1.79 bits per heavy atom. The number of thioether (sulfide) groups is 2. The van der Waals surface area contributed by atoms with Crippen LogP contribution >= 0.6 is 23.5 Å². The molecule has 0 N–H and O–H groups in total. The van der Waals surface area contributed by atoms with E-state index in [4.69, 9.17) is 0 Å². The largest absolute Gasteiger partial charge is 0.303 e. The first-order valence-electron chi connectivity index (χ1n) is 5.33.